The fourth-order valence-corrected chi connectivity index (χ4v) is 10.8. The zero-order chi connectivity index (χ0) is 34.0. The summed E-state index contributed by atoms with van der Waals surface area (Å²) >= 11 is 8.29. The molecule has 3 amide bonds. The molecule has 0 radical (unpaired) electrons. The molecule has 1 spiro atoms. The average molecular weight is 684 g/mol. The Morgan fingerprint density at radius 2 is 1.60 bits per heavy atom. The number of hydrogen-bond donors (Lipinski definition) is 1. The maximum Gasteiger partial charge on any atom is 0.251 e. The van der Waals surface area contributed by atoms with E-state index in [-0.39, 0.29) is 42.0 Å². The Bertz CT molecular complexity index is 1670. The summed E-state index contributed by atoms with van der Waals surface area (Å²) in [6.45, 7) is 10.5. The molecule has 0 aromatic heterocycles. The molecular weight excluding hydrogens is 642 g/mol. The molecule has 3 aliphatic rings. The Hall–Kier alpha value is -3.85. The zero-order valence-corrected chi connectivity index (χ0v) is 28.7. The number of para-hydroxylation sites is 1. The first-order valence-corrected chi connectivity index (χ1v) is 17.8. The number of likely N-dealkylation sites (tertiary alicyclic amines) is 1. The predicted octanol–water partition coefficient (Wildman–Crippen LogP) is 6.01. The van der Waals surface area contributed by atoms with Gasteiger partial charge < -0.3 is 19.8 Å². The Morgan fingerprint density at radius 3 is 2.23 bits per heavy atom. The van der Waals surface area contributed by atoms with Crippen LogP contribution < -0.4 is 4.90 Å². The standard InChI is InChI=1S/C39H42ClN3O4S/c1-4-20-41(24-28-16-10-7-11-17-28)36(45)33-32-22-26(3)39(48-32)34(33)37(46)43(29(25-44)23-27-14-8-6-9-15-27)35(39)38(47)42(21-5-2)31-19-13-12-18-30(31)40/h4-19,26,29,32-35,44H,1-2,20-25H2,3H3/t26?,29-,32+,33-,34+,35?,39?/m1/s1. The van der Waals surface area contributed by atoms with Gasteiger partial charge in [-0.05, 0) is 42.0 Å². The first-order valence-electron chi connectivity index (χ1n) is 16.5. The number of nitrogens with zero attached hydrogens (tertiary/aromatic N) is 3. The van der Waals surface area contributed by atoms with Crippen molar-refractivity contribution < 1.29 is 19.5 Å². The Kier molecular flexibility index (Phi) is 10.2. The van der Waals surface area contributed by atoms with Gasteiger partial charge in [-0.15, -0.1) is 24.9 Å². The van der Waals surface area contributed by atoms with Gasteiger partial charge in [-0.25, -0.2) is 0 Å². The molecule has 3 heterocycles. The van der Waals surface area contributed by atoms with Crippen LogP contribution in [0, 0.1) is 17.8 Å². The van der Waals surface area contributed by atoms with Crippen molar-refractivity contribution in [2.24, 2.45) is 17.8 Å². The minimum atomic E-state index is -0.933. The van der Waals surface area contributed by atoms with E-state index >= 15 is 9.59 Å². The van der Waals surface area contributed by atoms with E-state index in [2.05, 4.69) is 20.1 Å². The molecule has 3 saturated heterocycles. The van der Waals surface area contributed by atoms with E-state index in [0.29, 0.717) is 36.6 Å². The number of halogens is 1. The summed E-state index contributed by atoms with van der Waals surface area (Å²) in [7, 11) is 0. The average Bonchev–Trinajstić information content (AvgIpc) is 3.70. The number of fused-ring (bicyclic) bond motifs is 1. The molecule has 3 unspecified atom stereocenters. The lowest BCUT2D eigenvalue weighted by atomic mass is 9.65. The number of aliphatic hydroxyl groups is 1. The highest BCUT2D eigenvalue weighted by molar-refractivity contribution is 8.02. The summed E-state index contributed by atoms with van der Waals surface area (Å²) in [4.78, 5) is 49.9. The van der Waals surface area contributed by atoms with Crippen LogP contribution in [0.3, 0.4) is 0 Å². The summed E-state index contributed by atoms with van der Waals surface area (Å²) < 4.78 is -0.878. The Morgan fingerprint density at radius 1 is 0.979 bits per heavy atom. The number of benzene rings is 3. The van der Waals surface area contributed by atoms with Gasteiger partial charge in [0.2, 0.25) is 11.8 Å². The van der Waals surface area contributed by atoms with Gasteiger partial charge in [0.05, 0.1) is 39.9 Å². The minimum absolute atomic E-state index is 0.0423. The molecule has 0 aliphatic carbocycles. The van der Waals surface area contributed by atoms with Crippen molar-refractivity contribution in [3.05, 3.63) is 126 Å². The molecule has 1 N–H and O–H groups in total. The molecule has 2 bridgehead atoms. The zero-order valence-electron chi connectivity index (χ0n) is 27.2. The van der Waals surface area contributed by atoms with Crippen LogP contribution in [0.25, 0.3) is 0 Å². The third-order valence-electron chi connectivity index (χ3n) is 10.2. The fraction of sp³-hybridized carbons (Fsp3) is 0.359. The second-order valence-electron chi connectivity index (χ2n) is 13.0. The van der Waals surface area contributed by atoms with E-state index in [1.54, 1.807) is 56.8 Å². The first kappa shape index (κ1) is 34.0. The summed E-state index contributed by atoms with van der Waals surface area (Å²) in [6, 6.07) is 25.0. The van der Waals surface area contributed by atoms with Crippen LogP contribution in [0.1, 0.15) is 24.5 Å². The Balaban J connectivity index is 1.46. The van der Waals surface area contributed by atoms with Gasteiger partial charge in [0, 0.05) is 24.9 Å². The third-order valence-corrected chi connectivity index (χ3v) is 12.6. The molecule has 48 heavy (non-hydrogen) atoms. The minimum Gasteiger partial charge on any atom is -0.394 e. The highest BCUT2D eigenvalue weighted by atomic mass is 35.5. The quantitative estimate of drug-likeness (QED) is 0.223. The van der Waals surface area contributed by atoms with Crippen molar-refractivity contribution >= 4 is 46.8 Å². The van der Waals surface area contributed by atoms with Crippen LogP contribution in [0.15, 0.2) is 110 Å². The maximum atomic E-state index is 15.2. The maximum absolute atomic E-state index is 15.2. The molecular formula is C39H42ClN3O4S. The van der Waals surface area contributed by atoms with Crippen LogP contribution in [-0.2, 0) is 27.3 Å². The normalized spacial score (nSPS) is 26.2. The number of anilines is 1. The van der Waals surface area contributed by atoms with E-state index in [0.717, 1.165) is 11.1 Å². The number of rotatable bonds is 13. The van der Waals surface area contributed by atoms with Crippen LogP contribution in [-0.4, -0.2) is 74.4 Å². The van der Waals surface area contributed by atoms with Crippen LogP contribution >= 0.6 is 23.4 Å². The van der Waals surface area contributed by atoms with Crippen molar-refractivity contribution in [1.29, 1.82) is 0 Å². The molecule has 7 nitrogen and oxygen atoms in total. The number of thioether (sulfide) groups is 1. The topological polar surface area (TPSA) is 81.2 Å². The highest BCUT2D eigenvalue weighted by Gasteiger charge is 2.77. The van der Waals surface area contributed by atoms with Crippen molar-refractivity contribution in [2.75, 3.05) is 24.6 Å². The summed E-state index contributed by atoms with van der Waals surface area (Å²) in [5, 5.41) is 11.2. The fourth-order valence-electron chi connectivity index (χ4n) is 8.21. The van der Waals surface area contributed by atoms with E-state index in [9.17, 15) is 9.90 Å². The monoisotopic (exact) mass is 683 g/mol. The molecule has 3 aromatic carbocycles. The molecule has 3 fully saturated rings. The van der Waals surface area contributed by atoms with Gasteiger partial charge in [-0.1, -0.05) is 103 Å². The molecule has 3 aromatic rings. The van der Waals surface area contributed by atoms with Crippen LogP contribution in [0.5, 0.6) is 0 Å². The van der Waals surface area contributed by atoms with Gasteiger partial charge in [0.25, 0.3) is 5.91 Å². The number of carbonyl (C=O) groups is 3. The molecule has 6 rings (SSSR count). The predicted molar refractivity (Wildman–Crippen MR) is 193 cm³/mol. The van der Waals surface area contributed by atoms with E-state index in [4.69, 9.17) is 11.6 Å². The largest absolute Gasteiger partial charge is 0.394 e. The first-order chi connectivity index (χ1) is 23.3. The number of aliphatic hydroxyl groups excluding tert-OH is 1. The number of hydrogen-bond acceptors (Lipinski definition) is 5. The number of amides is 3. The van der Waals surface area contributed by atoms with Gasteiger partial charge in [-0.3, -0.25) is 14.4 Å². The van der Waals surface area contributed by atoms with Crippen LogP contribution in [0.2, 0.25) is 5.02 Å². The summed E-state index contributed by atoms with van der Waals surface area (Å²) in [5.74, 6) is -2.03. The molecule has 7 atom stereocenters. The molecule has 250 valence electrons. The molecule has 0 saturated carbocycles. The van der Waals surface area contributed by atoms with Gasteiger partial charge in [-0.2, -0.15) is 0 Å². The van der Waals surface area contributed by atoms with Crippen molar-refractivity contribution in [2.45, 2.75) is 48.4 Å². The second-order valence-corrected chi connectivity index (χ2v) is 15.0. The number of carbonyl (C=O) groups excluding carboxylic acids is 3. The lowest BCUT2D eigenvalue weighted by Gasteiger charge is -2.42. The Labute approximate surface area is 292 Å². The van der Waals surface area contributed by atoms with Gasteiger partial charge in [0.15, 0.2) is 0 Å². The second kappa shape index (κ2) is 14.3. The van der Waals surface area contributed by atoms with Crippen molar-refractivity contribution in [1.82, 2.24) is 9.80 Å². The molecule has 3 aliphatic heterocycles. The van der Waals surface area contributed by atoms with Gasteiger partial charge in [0.1, 0.15) is 6.04 Å². The molecule has 9 heteroatoms. The van der Waals surface area contributed by atoms with Gasteiger partial charge >= 0.3 is 0 Å². The summed E-state index contributed by atoms with van der Waals surface area (Å²) in [6.07, 6.45) is 4.43. The van der Waals surface area contributed by atoms with Crippen molar-refractivity contribution in [3.8, 4) is 0 Å². The van der Waals surface area contributed by atoms with E-state index in [1.165, 1.54) is 0 Å². The lowest BCUT2D eigenvalue weighted by Crippen LogP contribution is -2.59. The summed E-state index contributed by atoms with van der Waals surface area (Å²) in [5.41, 5.74) is 2.46. The van der Waals surface area contributed by atoms with Crippen LogP contribution in [0.4, 0.5) is 5.69 Å². The third kappa shape index (κ3) is 5.88. The SMILES string of the molecule is C=CCN(Cc1ccccc1)C(=O)[C@@H]1[C@@H]2CC(C)C3(S2)C(C(=O)N(CC=C)c2ccccc2Cl)N([C@@H](CO)Cc2ccccc2)C(=O)[C@H]13. The van der Waals surface area contributed by atoms with E-state index < -0.39 is 28.7 Å². The lowest BCUT2D eigenvalue weighted by molar-refractivity contribution is -0.145. The van der Waals surface area contributed by atoms with E-state index in [1.807, 2.05) is 66.7 Å². The van der Waals surface area contributed by atoms with Crippen molar-refractivity contribution in [3.63, 3.8) is 0 Å². The smallest absolute Gasteiger partial charge is 0.251 e. The highest BCUT2D eigenvalue weighted by Crippen LogP contribution is 2.69.